The first-order chi connectivity index (χ1) is 9.49. The van der Waals surface area contributed by atoms with E-state index in [4.69, 9.17) is 5.73 Å². The topological polar surface area (TPSA) is 55.1 Å². The Morgan fingerprint density at radius 1 is 1.05 bits per heavy atom. The van der Waals surface area contributed by atoms with Crippen LogP contribution >= 0.6 is 0 Å². The number of amides is 1. The largest absolute Gasteiger partial charge is 0.324 e. The fraction of sp³-hybridized carbons (Fsp3) is 0.235. The van der Waals surface area contributed by atoms with Gasteiger partial charge in [-0.3, -0.25) is 4.79 Å². The van der Waals surface area contributed by atoms with Crippen LogP contribution in [0.25, 0.3) is 0 Å². The van der Waals surface area contributed by atoms with Crippen molar-refractivity contribution < 1.29 is 4.79 Å². The summed E-state index contributed by atoms with van der Waals surface area (Å²) in [5, 5.41) is 2.93. The summed E-state index contributed by atoms with van der Waals surface area (Å²) in [7, 11) is 0. The van der Waals surface area contributed by atoms with E-state index in [9.17, 15) is 4.79 Å². The lowest BCUT2D eigenvalue weighted by atomic mass is 10.0. The molecule has 0 saturated heterocycles. The quantitative estimate of drug-likeness (QED) is 0.894. The Kier molecular flexibility index (Phi) is 4.20. The first kappa shape index (κ1) is 14.3. The number of hydrogen-bond acceptors (Lipinski definition) is 2. The van der Waals surface area contributed by atoms with Crippen LogP contribution in [0.2, 0.25) is 0 Å². The first-order valence-corrected chi connectivity index (χ1v) is 6.72. The molecular weight excluding hydrogens is 248 g/mol. The molecule has 0 bridgehead atoms. The van der Waals surface area contributed by atoms with E-state index >= 15 is 0 Å². The first-order valence-electron chi connectivity index (χ1n) is 6.72. The van der Waals surface area contributed by atoms with Gasteiger partial charge in [-0.1, -0.05) is 30.3 Å². The Hall–Kier alpha value is -2.13. The monoisotopic (exact) mass is 268 g/mol. The predicted octanol–water partition coefficient (Wildman–Crippen LogP) is 3.58. The summed E-state index contributed by atoms with van der Waals surface area (Å²) in [6.45, 7) is 5.83. The Morgan fingerprint density at radius 3 is 2.10 bits per heavy atom. The molecular formula is C17H20N2O. The van der Waals surface area contributed by atoms with Crippen LogP contribution in [0.1, 0.15) is 40.0 Å². The lowest BCUT2D eigenvalue weighted by molar-refractivity contribution is 0.102. The van der Waals surface area contributed by atoms with E-state index in [2.05, 4.69) is 5.32 Å². The van der Waals surface area contributed by atoms with Crippen LogP contribution in [0.4, 0.5) is 5.69 Å². The summed E-state index contributed by atoms with van der Waals surface area (Å²) in [5.41, 5.74) is 10.3. The molecule has 1 atom stereocenters. The summed E-state index contributed by atoms with van der Waals surface area (Å²) < 4.78 is 0. The van der Waals surface area contributed by atoms with Crippen molar-refractivity contribution in [2.24, 2.45) is 5.73 Å². The van der Waals surface area contributed by atoms with Crippen LogP contribution < -0.4 is 11.1 Å². The van der Waals surface area contributed by atoms with E-state index in [1.807, 2.05) is 63.2 Å². The van der Waals surface area contributed by atoms with Crippen LogP contribution in [0.15, 0.2) is 42.5 Å². The summed E-state index contributed by atoms with van der Waals surface area (Å²) in [4.78, 5) is 12.3. The van der Waals surface area contributed by atoms with Crippen molar-refractivity contribution in [3.05, 3.63) is 64.7 Å². The molecule has 0 aliphatic rings. The van der Waals surface area contributed by atoms with Crippen molar-refractivity contribution in [2.75, 3.05) is 5.32 Å². The number of nitrogens with two attached hydrogens (primary N) is 1. The van der Waals surface area contributed by atoms with Gasteiger partial charge in [0.05, 0.1) is 0 Å². The van der Waals surface area contributed by atoms with Gasteiger partial charge in [0.1, 0.15) is 0 Å². The number of nitrogens with one attached hydrogen (secondary N) is 1. The normalized spacial score (nSPS) is 12.0. The lowest BCUT2D eigenvalue weighted by Crippen LogP contribution is -2.15. The van der Waals surface area contributed by atoms with Crippen LogP contribution in [0.3, 0.4) is 0 Å². The predicted molar refractivity (Wildman–Crippen MR) is 82.9 cm³/mol. The average Bonchev–Trinajstić information content (AvgIpc) is 2.39. The molecule has 3 nitrogen and oxygen atoms in total. The number of hydrogen-bond donors (Lipinski definition) is 2. The summed E-state index contributed by atoms with van der Waals surface area (Å²) in [5.74, 6) is -0.0749. The van der Waals surface area contributed by atoms with Crippen LogP contribution in [-0.2, 0) is 0 Å². The number of carbonyl (C=O) groups excluding carboxylic acids is 1. The maximum absolute atomic E-state index is 12.3. The number of aryl methyl sites for hydroxylation is 2. The van der Waals surface area contributed by atoms with Gasteiger partial charge >= 0.3 is 0 Å². The Balaban J connectivity index is 2.19. The van der Waals surface area contributed by atoms with Gasteiger partial charge in [-0.25, -0.2) is 0 Å². The number of anilines is 1. The smallest absolute Gasteiger partial charge is 0.256 e. The van der Waals surface area contributed by atoms with Crippen molar-refractivity contribution in [1.29, 1.82) is 0 Å². The van der Waals surface area contributed by atoms with Gasteiger partial charge in [-0.15, -0.1) is 0 Å². The molecule has 3 N–H and O–H groups in total. The summed E-state index contributed by atoms with van der Waals surface area (Å²) in [6.07, 6.45) is 0. The third-order valence-corrected chi connectivity index (χ3v) is 3.40. The molecule has 0 fully saturated rings. The molecule has 1 unspecified atom stereocenters. The molecule has 3 heteroatoms. The fourth-order valence-electron chi connectivity index (χ4n) is 2.24. The molecule has 2 aromatic rings. The molecule has 0 heterocycles. The van der Waals surface area contributed by atoms with Gasteiger partial charge in [0.2, 0.25) is 0 Å². The van der Waals surface area contributed by atoms with Crippen molar-refractivity contribution in [3.8, 4) is 0 Å². The maximum atomic E-state index is 12.3. The third-order valence-electron chi connectivity index (χ3n) is 3.40. The Bertz CT molecular complexity index is 595. The number of carbonyl (C=O) groups is 1. The van der Waals surface area contributed by atoms with Crippen molar-refractivity contribution in [1.82, 2.24) is 0 Å². The van der Waals surface area contributed by atoms with E-state index in [-0.39, 0.29) is 11.9 Å². The molecule has 1 amide bonds. The maximum Gasteiger partial charge on any atom is 0.256 e. The average molecular weight is 268 g/mol. The lowest BCUT2D eigenvalue weighted by Gasteiger charge is -2.11. The highest BCUT2D eigenvalue weighted by Crippen LogP contribution is 2.18. The second kappa shape index (κ2) is 5.88. The molecule has 0 saturated carbocycles. The zero-order valence-corrected chi connectivity index (χ0v) is 12.1. The van der Waals surface area contributed by atoms with Crippen LogP contribution in [0.5, 0.6) is 0 Å². The van der Waals surface area contributed by atoms with Crippen molar-refractivity contribution in [3.63, 3.8) is 0 Å². The van der Waals surface area contributed by atoms with E-state index in [1.54, 1.807) is 0 Å². The minimum Gasteiger partial charge on any atom is -0.324 e. The second-order valence-electron chi connectivity index (χ2n) is 5.13. The summed E-state index contributed by atoms with van der Waals surface area (Å²) in [6, 6.07) is 13.5. The zero-order valence-electron chi connectivity index (χ0n) is 12.1. The van der Waals surface area contributed by atoms with E-state index in [0.717, 1.165) is 27.9 Å². The Morgan fingerprint density at radius 2 is 1.60 bits per heavy atom. The van der Waals surface area contributed by atoms with Crippen LogP contribution in [-0.4, -0.2) is 5.91 Å². The molecule has 20 heavy (non-hydrogen) atoms. The standard InChI is InChI=1S/C17H20N2O/c1-11-5-4-6-12(2)16(11)17(20)19-15-9-7-14(8-10-15)13(3)18/h4-10,13H,18H2,1-3H3,(H,19,20). The van der Waals surface area contributed by atoms with E-state index in [0.29, 0.717) is 0 Å². The Labute approximate surface area is 119 Å². The SMILES string of the molecule is Cc1cccc(C)c1C(=O)Nc1ccc(C(C)N)cc1. The van der Waals surface area contributed by atoms with Gasteiger partial charge < -0.3 is 11.1 Å². The molecule has 2 aromatic carbocycles. The molecule has 2 rings (SSSR count). The number of benzene rings is 2. The minimum atomic E-state index is -0.0749. The van der Waals surface area contributed by atoms with Crippen LogP contribution in [0, 0.1) is 13.8 Å². The molecule has 0 spiro atoms. The highest BCUT2D eigenvalue weighted by Gasteiger charge is 2.12. The highest BCUT2D eigenvalue weighted by atomic mass is 16.1. The molecule has 0 aliphatic carbocycles. The van der Waals surface area contributed by atoms with E-state index in [1.165, 1.54) is 0 Å². The third kappa shape index (κ3) is 3.06. The molecule has 104 valence electrons. The zero-order chi connectivity index (χ0) is 14.7. The van der Waals surface area contributed by atoms with Gasteiger partial charge in [-0.2, -0.15) is 0 Å². The van der Waals surface area contributed by atoms with Gasteiger partial charge in [-0.05, 0) is 49.6 Å². The number of rotatable bonds is 3. The minimum absolute atomic E-state index is 0.00152. The molecule has 0 aromatic heterocycles. The summed E-state index contributed by atoms with van der Waals surface area (Å²) >= 11 is 0. The molecule has 0 radical (unpaired) electrons. The second-order valence-corrected chi connectivity index (χ2v) is 5.13. The molecule has 0 aliphatic heterocycles. The van der Waals surface area contributed by atoms with Gasteiger partial charge in [0.15, 0.2) is 0 Å². The van der Waals surface area contributed by atoms with Gasteiger partial charge in [0.25, 0.3) is 5.91 Å². The van der Waals surface area contributed by atoms with Gasteiger partial charge in [0, 0.05) is 17.3 Å². The van der Waals surface area contributed by atoms with Crippen molar-refractivity contribution >= 4 is 11.6 Å². The highest BCUT2D eigenvalue weighted by molar-refractivity contribution is 6.06. The van der Waals surface area contributed by atoms with E-state index < -0.39 is 0 Å². The fourth-order valence-corrected chi connectivity index (χ4v) is 2.24. The van der Waals surface area contributed by atoms with Crippen molar-refractivity contribution in [2.45, 2.75) is 26.8 Å².